The van der Waals surface area contributed by atoms with Gasteiger partial charge in [0.25, 0.3) is 5.91 Å². The number of hydrogen-bond acceptors (Lipinski definition) is 2. The van der Waals surface area contributed by atoms with Crippen LogP contribution in [0.15, 0.2) is 48.5 Å². The molecule has 0 unspecified atom stereocenters. The van der Waals surface area contributed by atoms with Gasteiger partial charge in [0.2, 0.25) is 0 Å². The van der Waals surface area contributed by atoms with Gasteiger partial charge >= 0.3 is 0 Å². The third-order valence-electron chi connectivity index (χ3n) is 3.45. The third-order valence-corrected chi connectivity index (χ3v) is 3.45. The zero-order chi connectivity index (χ0) is 15.5. The number of carbonyl (C=O) groups excluding carboxylic acids is 1. The number of rotatable bonds is 3. The smallest absolute Gasteiger partial charge is 0.255 e. The molecule has 0 bridgehead atoms. The largest absolute Gasteiger partial charge is 0.392 e. The van der Waals surface area contributed by atoms with E-state index in [1.807, 2.05) is 36.4 Å². The molecule has 0 radical (unpaired) electrons. The number of nitrogens with one attached hydrogen (secondary N) is 1. The fourth-order valence-electron chi connectivity index (χ4n) is 2.10. The Morgan fingerprint density at radius 1 is 1.05 bits per heavy atom. The SMILES string of the molecule is CC(C)(C)c1ccc(C(=O)Nc2ccccc2CO)cc1. The van der Waals surface area contributed by atoms with Crippen LogP contribution in [0.25, 0.3) is 0 Å². The van der Waals surface area contributed by atoms with Crippen LogP contribution in [0.5, 0.6) is 0 Å². The molecule has 0 atom stereocenters. The molecule has 0 spiro atoms. The third kappa shape index (κ3) is 3.70. The van der Waals surface area contributed by atoms with Gasteiger partial charge in [-0.3, -0.25) is 4.79 Å². The zero-order valence-corrected chi connectivity index (χ0v) is 12.7. The molecule has 21 heavy (non-hydrogen) atoms. The van der Waals surface area contributed by atoms with Crippen molar-refractivity contribution in [3.63, 3.8) is 0 Å². The van der Waals surface area contributed by atoms with Gasteiger partial charge in [-0.1, -0.05) is 51.1 Å². The molecular weight excluding hydrogens is 262 g/mol. The number of anilines is 1. The summed E-state index contributed by atoms with van der Waals surface area (Å²) in [6.07, 6.45) is 0. The average Bonchev–Trinajstić information content (AvgIpc) is 2.47. The normalized spacial score (nSPS) is 11.2. The number of aliphatic hydroxyl groups excluding tert-OH is 1. The quantitative estimate of drug-likeness (QED) is 0.901. The molecule has 3 heteroatoms. The van der Waals surface area contributed by atoms with Crippen molar-refractivity contribution in [3.8, 4) is 0 Å². The highest BCUT2D eigenvalue weighted by Gasteiger charge is 2.14. The van der Waals surface area contributed by atoms with E-state index in [-0.39, 0.29) is 17.9 Å². The minimum absolute atomic E-state index is 0.0680. The summed E-state index contributed by atoms with van der Waals surface area (Å²) < 4.78 is 0. The van der Waals surface area contributed by atoms with Crippen LogP contribution in [-0.4, -0.2) is 11.0 Å². The number of hydrogen-bond donors (Lipinski definition) is 2. The van der Waals surface area contributed by atoms with Crippen LogP contribution < -0.4 is 5.32 Å². The molecule has 0 aliphatic rings. The van der Waals surface area contributed by atoms with Gasteiger partial charge in [0, 0.05) is 16.8 Å². The molecule has 0 aliphatic carbocycles. The highest BCUT2D eigenvalue weighted by atomic mass is 16.3. The number of carbonyl (C=O) groups is 1. The second-order valence-electron chi connectivity index (χ2n) is 6.10. The highest BCUT2D eigenvalue weighted by Crippen LogP contribution is 2.22. The first-order valence-corrected chi connectivity index (χ1v) is 7.02. The first-order chi connectivity index (χ1) is 9.91. The monoisotopic (exact) mass is 283 g/mol. The van der Waals surface area contributed by atoms with E-state index in [0.717, 1.165) is 0 Å². The molecule has 2 aromatic carbocycles. The van der Waals surface area contributed by atoms with Crippen molar-refractivity contribution >= 4 is 11.6 Å². The molecule has 1 amide bonds. The van der Waals surface area contributed by atoms with E-state index < -0.39 is 0 Å². The second kappa shape index (κ2) is 6.10. The summed E-state index contributed by atoms with van der Waals surface area (Å²) in [7, 11) is 0. The van der Waals surface area contributed by atoms with Crippen molar-refractivity contribution < 1.29 is 9.90 Å². The van der Waals surface area contributed by atoms with Crippen LogP contribution in [0.3, 0.4) is 0 Å². The van der Waals surface area contributed by atoms with E-state index in [0.29, 0.717) is 16.8 Å². The average molecular weight is 283 g/mol. The van der Waals surface area contributed by atoms with E-state index in [4.69, 9.17) is 0 Å². The maximum absolute atomic E-state index is 12.3. The predicted octanol–water partition coefficient (Wildman–Crippen LogP) is 3.73. The standard InChI is InChI=1S/C18H21NO2/c1-18(2,3)15-10-8-13(9-11-15)17(21)19-16-7-5-4-6-14(16)12-20/h4-11,20H,12H2,1-3H3,(H,19,21). The Labute approximate surface area is 125 Å². The number of aliphatic hydroxyl groups is 1. The fraction of sp³-hybridized carbons (Fsp3) is 0.278. The lowest BCUT2D eigenvalue weighted by molar-refractivity contribution is 0.102. The minimum Gasteiger partial charge on any atom is -0.392 e. The van der Waals surface area contributed by atoms with Gasteiger partial charge in [-0.15, -0.1) is 0 Å². The molecule has 0 saturated heterocycles. The summed E-state index contributed by atoms with van der Waals surface area (Å²) in [6.45, 7) is 6.32. The fourth-order valence-corrected chi connectivity index (χ4v) is 2.10. The van der Waals surface area contributed by atoms with Gasteiger partial charge in [-0.25, -0.2) is 0 Å². The van der Waals surface area contributed by atoms with Gasteiger partial charge in [-0.05, 0) is 29.2 Å². The van der Waals surface area contributed by atoms with Crippen molar-refractivity contribution in [2.45, 2.75) is 32.8 Å². The Balaban J connectivity index is 2.17. The van der Waals surface area contributed by atoms with Crippen molar-refractivity contribution in [2.75, 3.05) is 5.32 Å². The minimum atomic E-state index is -0.170. The summed E-state index contributed by atoms with van der Waals surface area (Å²) in [6, 6.07) is 14.9. The molecule has 0 fully saturated rings. The molecule has 2 aromatic rings. The van der Waals surface area contributed by atoms with Crippen LogP contribution in [-0.2, 0) is 12.0 Å². The van der Waals surface area contributed by atoms with Crippen LogP contribution in [0.2, 0.25) is 0 Å². The summed E-state index contributed by atoms with van der Waals surface area (Å²) in [5, 5.41) is 12.1. The first kappa shape index (κ1) is 15.3. The van der Waals surface area contributed by atoms with Gasteiger partial charge < -0.3 is 10.4 Å². The number of para-hydroxylation sites is 1. The first-order valence-electron chi connectivity index (χ1n) is 7.02. The van der Waals surface area contributed by atoms with Gasteiger partial charge in [0.15, 0.2) is 0 Å². The number of amides is 1. The van der Waals surface area contributed by atoms with Crippen LogP contribution in [0.4, 0.5) is 5.69 Å². The van der Waals surface area contributed by atoms with Crippen LogP contribution in [0, 0.1) is 0 Å². The maximum atomic E-state index is 12.3. The second-order valence-corrected chi connectivity index (χ2v) is 6.10. The summed E-state index contributed by atoms with van der Waals surface area (Å²) in [5.41, 5.74) is 3.21. The molecule has 0 saturated carbocycles. The van der Waals surface area contributed by atoms with Crippen molar-refractivity contribution in [1.29, 1.82) is 0 Å². The maximum Gasteiger partial charge on any atom is 0.255 e. The van der Waals surface area contributed by atoms with Gasteiger partial charge in [-0.2, -0.15) is 0 Å². The van der Waals surface area contributed by atoms with Gasteiger partial charge in [0.05, 0.1) is 6.61 Å². The van der Waals surface area contributed by atoms with E-state index >= 15 is 0 Å². The summed E-state index contributed by atoms with van der Waals surface area (Å²) in [4.78, 5) is 12.3. The van der Waals surface area contributed by atoms with E-state index in [9.17, 15) is 9.90 Å². The molecule has 0 aromatic heterocycles. The molecular formula is C18H21NO2. The van der Waals surface area contributed by atoms with Crippen molar-refractivity contribution in [1.82, 2.24) is 0 Å². The Kier molecular flexibility index (Phi) is 4.43. The zero-order valence-electron chi connectivity index (χ0n) is 12.7. The summed E-state index contributed by atoms with van der Waals surface area (Å²) in [5.74, 6) is -0.170. The van der Waals surface area contributed by atoms with E-state index in [1.54, 1.807) is 12.1 Å². The summed E-state index contributed by atoms with van der Waals surface area (Å²) >= 11 is 0. The molecule has 0 aliphatic heterocycles. The van der Waals surface area contributed by atoms with E-state index in [2.05, 4.69) is 26.1 Å². The Morgan fingerprint density at radius 3 is 2.24 bits per heavy atom. The molecule has 3 nitrogen and oxygen atoms in total. The molecule has 110 valence electrons. The van der Waals surface area contributed by atoms with Crippen molar-refractivity contribution in [2.24, 2.45) is 0 Å². The molecule has 0 heterocycles. The van der Waals surface area contributed by atoms with E-state index in [1.165, 1.54) is 5.56 Å². The lowest BCUT2D eigenvalue weighted by atomic mass is 9.87. The highest BCUT2D eigenvalue weighted by molar-refractivity contribution is 6.04. The molecule has 2 rings (SSSR count). The topological polar surface area (TPSA) is 49.3 Å². The Bertz CT molecular complexity index is 624. The van der Waals surface area contributed by atoms with Crippen molar-refractivity contribution in [3.05, 3.63) is 65.2 Å². The van der Waals surface area contributed by atoms with Crippen LogP contribution >= 0.6 is 0 Å². The Morgan fingerprint density at radius 2 is 1.67 bits per heavy atom. The number of benzene rings is 2. The van der Waals surface area contributed by atoms with Gasteiger partial charge in [0.1, 0.15) is 0 Å². The van der Waals surface area contributed by atoms with Crippen LogP contribution in [0.1, 0.15) is 42.3 Å². The predicted molar refractivity (Wildman–Crippen MR) is 85.5 cm³/mol. The lowest BCUT2D eigenvalue weighted by Gasteiger charge is -2.19. The Hall–Kier alpha value is -2.13. The molecule has 2 N–H and O–H groups in total. The lowest BCUT2D eigenvalue weighted by Crippen LogP contribution is -2.15.